The van der Waals surface area contributed by atoms with Crippen LogP contribution in [0, 0.1) is 0 Å². The SMILES string of the molecule is CCC(=O)Nc1csc(CN)n1. The van der Waals surface area contributed by atoms with Crippen LogP contribution in [0.4, 0.5) is 5.82 Å². The Balaban J connectivity index is 2.58. The van der Waals surface area contributed by atoms with Gasteiger partial charge in [0.2, 0.25) is 5.91 Å². The van der Waals surface area contributed by atoms with Crippen LogP contribution in [0.1, 0.15) is 18.4 Å². The van der Waals surface area contributed by atoms with Crippen LogP contribution in [0.25, 0.3) is 0 Å². The molecular formula is C7H11N3OS. The number of carbonyl (C=O) groups is 1. The normalized spacial score (nSPS) is 9.83. The average Bonchev–Trinajstić information content (AvgIpc) is 2.52. The van der Waals surface area contributed by atoms with Crippen LogP contribution in [0.15, 0.2) is 5.38 Å². The summed E-state index contributed by atoms with van der Waals surface area (Å²) in [5.41, 5.74) is 5.36. The van der Waals surface area contributed by atoms with E-state index in [2.05, 4.69) is 10.3 Å². The molecule has 0 aromatic carbocycles. The van der Waals surface area contributed by atoms with Crippen LogP contribution in [-0.4, -0.2) is 10.9 Å². The molecule has 0 unspecified atom stereocenters. The number of hydrogen-bond donors (Lipinski definition) is 2. The molecule has 3 N–H and O–H groups in total. The van der Waals surface area contributed by atoms with Crippen LogP contribution >= 0.6 is 11.3 Å². The number of amides is 1. The first-order chi connectivity index (χ1) is 5.76. The molecule has 0 atom stereocenters. The van der Waals surface area contributed by atoms with E-state index in [1.54, 1.807) is 12.3 Å². The molecule has 1 amide bonds. The van der Waals surface area contributed by atoms with E-state index in [9.17, 15) is 4.79 Å². The topological polar surface area (TPSA) is 68.0 Å². The predicted molar refractivity (Wildman–Crippen MR) is 48.9 cm³/mol. The van der Waals surface area contributed by atoms with Crippen molar-refractivity contribution in [3.63, 3.8) is 0 Å². The fourth-order valence-electron chi connectivity index (χ4n) is 0.693. The number of thiazole rings is 1. The molecule has 12 heavy (non-hydrogen) atoms. The summed E-state index contributed by atoms with van der Waals surface area (Å²) >= 11 is 1.45. The molecule has 0 spiro atoms. The molecule has 0 aliphatic rings. The van der Waals surface area contributed by atoms with Crippen molar-refractivity contribution in [3.05, 3.63) is 10.4 Å². The molecule has 66 valence electrons. The zero-order valence-electron chi connectivity index (χ0n) is 6.83. The Hall–Kier alpha value is -0.940. The van der Waals surface area contributed by atoms with Gasteiger partial charge in [-0.2, -0.15) is 0 Å². The largest absolute Gasteiger partial charge is 0.325 e. The van der Waals surface area contributed by atoms with Crippen LogP contribution in [0.2, 0.25) is 0 Å². The standard InChI is InChI=1S/C7H11N3OS/c1-2-6(11)9-5-4-12-7(3-8)10-5/h4H,2-3,8H2,1H3,(H,9,11). The van der Waals surface area contributed by atoms with Crippen molar-refractivity contribution in [1.82, 2.24) is 4.98 Å². The molecule has 0 saturated heterocycles. The van der Waals surface area contributed by atoms with Gasteiger partial charge in [0, 0.05) is 18.3 Å². The van der Waals surface area contributed by atoms with Crippen molar-refractivity contribution in [2.45, 2.75) is 19.9 Å². The third-order valence-electron chi connectivity index (χ3n) is 1.31. The van der Waals surface area contributed by atoms with E-state index in [4.69, 9.17) is 5.73 Å². The summed E-state index contributed by atoms with van der Waals surface area (Å²) < 4.78 is 0. The van der Waals surface area contributed by atoms with Gasteiger partial charge in [-0.25, -0.2) is 4.98 Å². The molecule has 0 aliphatic heterocycles. The van der Waals surface area contributed by atoms with Gasteiger partial charge in [-0.1, -0.05) is 6.92 Å². The highest BCUT2D eigenvalue weighted by atomic mass is 32.1. The van der Waals surface area contributed by atoms with Crippen molar-refractivity contribution in [2.24, 2.45) is 5.73 Å². The van der Waals surface area contributed by atoms with E-state index in [1.807, 2.05) is 0 Å². The quantitative estimate of drug-likeness (QED) is 0.736. The second-order valence-electron chi connectivity index (χ2n) is 2.23. The highest BCUT2D eigenvalue weighted by Gasteiger charge is 2.02. The summed E-state index contributed by atoms with van der Waals surface area (Å²) in [5.74, 6) is 0.580. The van der Waals surface area contributed by atoms with Gasteiger partial charge < -0.3 is 11.1 Å². The third kappa shape index (κ3) is 2.28. The van der Waals surface area contributed by atoms with Gasteiger partial charge in [0.1, 0.15) is 10.8 Å². The summed E-state index contributed by atoms with van der Waals surface area (Å²) in [7, 11) is 0. The van der Waals surface area contributed by atoms with Crippen LogP contribution in [0.3, 0.4) is 0 Å². The lowest BCUT2D eigenvalue weighted by Gasteiger charge is -1.96. The van der Waals surface area contributed by atoms with Crippen molar-refractivity contribution in [2.75, 3.05) is 5.32 Å². The second-order valence-corrected chi connectivity index (χ2v) is 3.17. The van der Waals surface area contributed by atoms with Gasteiger partial charge in [-0.3, -0.25) is 4.79 Å². The van der Waals surface area contributed by atoms with E-state index < -0.39 is 0 Å². The molecule has 4 nitrogen and oxygen atoms in total. The lowest BCUT2D eigenvalue weighted by atomic mass is 10.4. The van der Waals surface area contributed by atoms with Crippen LogP contribution < -0.4 is 11.1 Å². The molecule has 1 aromatic rings. The molecule has 0 saturated carbocycles. The Morgan fingerprint density at radius 3 is 3.08 bits per heavy atom. The van der Waals surface area contributed by atoms with Crippen LogP contribution in [0.5, 0.6) is 0 Å². The number of nitrogens with two attached hydrogens (primary N) is 1. The molecule has 1 heterocycles. The zero-order chi connectivity index (χ0) is 8.97. The highest BCUT2D eigenvalue weighted by molar-refractivity contribution is 7.10. The number of rotatable bonds is 3. The molecule has 0 radical (unpaired) electrons. The monoisotopic (exact) mass is 185 g/mol. The Morgan fingerprint density at radius 1 is 1.83 bits per heavy atom. The van der Waals surface area contributed by atoms with Gasteiger partial charge in [-0.05, 0) is 0 Å². The lowest BCUT2D eigenvalue weighted by molar-refractivity contribution is -0.115. The van der Waals surface area contributed by atoms with Crippen molar-refractivity contribution < 1.29 is 4.79 Å². The molecular weight excluding hydrogens is 174 g/mol. The summed E-state index contributed by atoms with van der Waals surface area (Å²) in [6.45, 7) is 2.22. The number of hydrogen-bond acceptors (Lipinski definition) is 4. The van der Waals surface area contributed by atoms with Crippen LogP contribution in [-0.2, 0) is 11.3 Å². The van der Waals surface area contributed by atoms with Gasteiger partial charge >= 0.3 is 0 Å². The third-order valence-corrected chi connectivity index (χ3v) is 2.19. The molecule has 0 aliphatic carbocycles. The van der Waals surface area contributed by atoms with E-state index in [0.29, 0.717) is 18.8 Å². The maximum atomic E-state index is 10.9. The van der Waals surface area contributed by atoms with Crippen molar-refractivity contribution in [1.29, 1.82) is 0 Å². The minimum Gasteiger partial charge on any atom is -0.325 e. The first kappa shape index (κ1) is 9.15. The summed E-state index contributed by atoms with van der Waals surface area (Å²) in [5, 5.41) is 5.27. The summed E-state index contributed by atoms with van der Waals surface area (Å²) in [4.78, 5) is 15.0. The lowest BCUT2D eigenvalue weighted by Crippen LogP contribution is -2.09. The van der Waals surface area contributed by atoms with Gasteiger partial charge in [0.25, 0.3) is 0 Å². The van der Waals surface area contributed by atoms with E-state index in [0.717, 1.165) is 5.01 Å². The molecule has 5 heteroatoms. The number of nitrogens with one attached hydrogen (secondary N) is 1. The van der Waals surface area contributed by atoms with E-state index in [1.165, 1.54) is 11.3 Å². The predicted octanol–water partition coefficient (Wildman–Crippen LogP) is 0.950. The Bertz CT molecular complexity index is 271. The van der Waals surface area contributed by atoms with Crippen molar-refractivity contribution in [3.8, 4) is 0 Å². The minimum atomic E-state index is -0.0242. The van der Waals surface area contributed by atoms with Crippen molar-refractivity contribution >= 4 is 23.1 Å². The fraction of sp³-hybridized carbons (Fsp3) is 0.429. The minimum absolute atomic E-state index is 0.0242. The first-order valence-electron chi connectivity index (χ1n) is 3.70. The molecule has 1 aromatic heterocycles. The Labute approximate surface area is 74.8 Å². The van der Waals surface area contributed by atoms with Gasteiger partial charge in [-0.15, -0.1) is 11.3 Å². The zero-order valence-corrected chi connectivity index (χ0v) is 7.65. The smallest absolute Gasteiger partial charge is 0.225 e. The summed E-state index contributed by atoms with van der Waals surface area (Å²) in [6, 6.07) is 0. The average molecular weight is 185 g/mol. The second kappa shape index (κ2) is 4.18. The molecule has 0 bridgehead atoms. The maximum absolute atomic E-state index is 10.9. The van der Waals surface area contributed by atoms with Gasteiger partial charge in [0.15, 0.2) is 0 Å². The number of carbonyl (C=O) groups excluding carboxylic acids is 1. The summed E-state index contributed by atoms with van der Waals surface area (Å²) in [6.07, 6.45) is 0.468. The van der Waals surface area contributed by atoms with Gasteiger partial charge in [0.05, 0.1) is 0 Å². The number of anilines is 1. The maximum Gasteiger partial charge on any atom is 0.225 e. The Morgan fingerprint density at radius 2 is 2.58 bits per heavy atom. The van der Waals surface area contributed by atoms with E-state index in [-0.39, 0.29) is 5.91 Å². The molecule has 0 fully saturated rings. The number of nitrogens with zero attached hydrogens (tertiary/aromatic N) is 1. The highest BCUT2D eigenvalue weighted by Crippen LogP contribution is 2.13. The first-order valence-corrected chi connectivity index (χ1v) is 4.58. The molecule has 1 rings (SSSR count). The fourth-order valence-corrected chi connectivity index (χ4v) is 1.30. The Kier molecular flexibility index (Phi) is 3.19. The number of aromatic nitrogens is 1. The van der Waals surface area contributed by atoms with E-state index >= 15 is 0 Å².